The minimum absolute atomic E-state index is 0.0137. The van der Waals surface area contributed by atoms with Crippen molar-refractivity contribution in [3.63, 3.8) is 0 Å². The molecule has 0 aliphatic heterocycles. The molecule has 0 aromatic heterocycles. The van der Waals surface area contributed by atoms with Crippen molar-refractivity contribution in [1.82, 2.24) is 5.32 Å². The van der Waals surface area contributed by atoms with Crippen molar-refractivity contribution in [2.75, 3.05) is 24.6 Å². The molecule has 3 nitrogen and oxygen atoms in total. The molecule has 0 bridgehead atoms. The molecule has 0 saturated heterocycles. The number of nitrogens with one attached hydrogen (secondary N) is 1. The van der Waals surface area contributed by atoms with Gasteiger partial charge in [0, 0.05) is 5.75 Å². The first-order chi connectivity index (χ1) is 7.21. The largest absolute Gasteiger partial charge is 0.319 e. The van der Waals surface area contributed by atoms with E-state index < -0.39 is 28.7 Å². The zero-order chi connectivity index (χ0) is 12.8. The number of hydrogen-bond donors (Lipinski definition) is 1. The Kier molecular flexibility index (Phi) is 6.24. The molecule has 0 atom stereocenters. The molecule has 0 aliphatic carbocycles. The second-order valence-corrected chi connectivity index (χ2v) is 5.80. The zero-order valence-corrected chi connectivity index (χ0v) is 9.67. The Morgan fingerprint density at radius 2 is 1.88 bits per heavy atom. The van der Waals surface area contributed by atoms with Gasteiger partial charge in [0.2, 0.25) is 0 Å². The molecule has 0 spiro atoms. The first kappa shape index (κ1) is 15.6. The van der Waals surface area contributed by atoms with E-state index in [1.54, 1.807) is 0 Å². The summed E-state index contributed by atoms with van der Waals surface area (Å²) in [5.74, 6) is -4.21. The van der Waals surface area contributed by atoms with E-state index in [-0.39, 0.29) is 24.5 Å². The lowest BCUT2D eigenvalue weighted by Gasteiger charge is -2.15. The Bertz CT molecular complexity index is 292. The fraction of sp³-hybridized carbons (Fsp3) is 1.00. The van der Waals surface area contributed by atoms with E-state index in [9.17, 15) is 26.0 Å². The third kappa shape index (κ3) is 6.26. The van der Waals surface area contributed by atoms with Crippen molar-refractivity contribution >= 4 is 9.84 Å². The molecule has 1 N–H and O–H groups in total. The molecule has 0 radical (unpaired) electrons. The lowest BCUT2D eigenvalue weighted by atomic mass is 10.3. The molecule has 8 heteroatoms. The van der Waals surface area contributed by atoms with Crippen molar-refractivity contribution in [1.29, 1.82) is 0 Å². The van der Waals surface area contributed by atoms with Crippen LogP contribution in [0.25, 0.3) is 0 Å². The normalized spacial score (nSPS) is 13.4. The summed E-state index contributed by atoms with van der Waals surface area (Å²) in [5.41, 5.74) is 0. The third-order valence-corrected chi connectivity index (χ3v) is 3.72. The lowest BCUT2D eigenvalue weighted by molar-refractivity contribution is -0.125. The molecule has 0 aromatic rings. The van der Waals surface area contributed by atoms with E-state index in [2.05, 4.69) is 5.32 Å². The average molecular weight is 265 g/mol. The summed E-state index contributed by atoms with van der Waals surface area (Å²) in [6, 6.07) is 0. The van der Waals surface area contributed by atoms with Crippen LogP contribution in [0.4, 0.5) is 17.6 Å². The smallest absolute Gasteiger partial charge is 0.311 e. The van der Waals surface area contributed by atoms with E-state index in [1.807, 2.05) is 0 Å². The molecule has 0 amide bonds. The summed E-state index contributed by atoms with van der Waals surface area (Å²) < 4.78 is 70.0. The molecule has 0 fully saturated rings. The third-order valence-electron chi connectivity index (χ3n) is 1.93. The number of sulfone groups is 1. The minimum Gasteiger partial charge on any atom is -0.311 e. The van der Waals surface area contributed by atoms with E-state index in [0.29, 0.717) is 0 Å². The molecule has 0 saturated carbocycles. The molecular formula is C8H15F4NO2S. The predicted molar refractivity (Wildman–Crippen MR) is 52.8 cm³/mol. The van der Waals surface area contributed by atoms with Gasteiger partial charge in [-0.15, -0.1) is 0 Å². The highest BCUT2D eigenvalue weighted by molar-refractivity contribution is 7.91. The van der Waals surface area contributed by atoms with Crippen LogP contribution in [0.1, 0.15) is 13.3 Å². The fourth-order valence-corrected chi connectivity index (χ4v) is 1.77. The summed E-state index contributed by atoms with van der Waals surface area (Å²) in [6.07, 6.45) is -3.57. The van der Waals surface area contributed by atoms with E-state index in [4.69, 9.17) is 0 Å². The number of alkyl halides is 4. The zero-order valence-electron chi connectivity index (χ0n) is 8.85. The molecule has 16 heavy (non-hydrogen) atoms. The molecular weight excluding hydrogens is 250 g/mol. The Balaban J connectivity index is 3.70. The highest BCUT2D eigenvalue weighted by Crippen LogP contribution is 2.21. The minimum atomic E-state index is -4.07. The SMILES string of the molecule is CCS(=O)(=O)CCCNCC(F)(F)C(F)F. The van der Waals surface area contributed by atoms with Crippen LogP contribution in [0.15, 0.2) is 0 Å². The summed E-state index contributed by atoms with van der Waals surface area (Å²) in [7, 11) is -3.13. The molecule has 0 aromatic carbocycles. The Morgan fingerprint density at radius 3 is 2.31 bits per heavy atom. The van der Waals surface area contributed by atoms with Crippen LogP contribution < -0.4 is 5.32 Å². The number of rotatable bonds is 8. The van der Waals surface area contributed by atoms with Crippen LogP contribution in [0.3, 0.4) is 0 Å². The van der Waals surface area contributed by atoms with Gasteiger partial charge in [-0.1, -0.05) is 6.92 Å². The van der Waals surface area contributed by atoms with Crippen molar-refractivity contribution < 1.29 is 26.0 Å². The highest BCUT2D eigenvalue weighted by atomic mass is 32.2. The number of halogens is 4. The van der Waals surface area contributed by atoms with Crippen LogP contribution >= 0.6 is 0 Å². The van der Waals surface area contributed by atoms with Gasteiger partial charge in [0.1, 0.15) is 9.84 Å². The topological polar surface area (TPSA) is 46.2 Å². The first-order valence-electron chi connectivity index (χ1n) is 4.78. The van der Waals surface area contributed by atoms with Crippen LogP contribution in [0.2, 0.25) is 0 Å². The van der Waals surface area contributed by atoms with Crippen LogP contribution in [-0.4, -0.2) is 45.4 Å². The molecule has 0 unspecified atom stereocenters. The van der Waals surface area contributed by atoms with Gasteiger partial charge in [-0.05, 0) is 13.0 Å². The Hall–Kier alpha value is -0.370. The summed E-state index contributed by atoms with van der Waals surface area (Å²) in [6.45, 7) is 0.312. The van der Waals surface area contributed by atoms with E-state index in [1.165, 1.54) is 6.92 Å². The maximum Gasteiger partial charge on any atom is 0.319 e. The molecule has 98 valence electrons. The van der Waals surface area contributed by atoms with Gasteiger partial charge in [0.05, 0.1) is 12.3 Å². The van der Waals surface area contributed by atoms with E-state index >= 15 is 0 Å². The van der Waals surface area contributed by atoms with Crippen LogP contribution in [0.5, 0.6) is 0 Å². The summed E-state index contributed by atoms with van der Waals surface area (Å²) >= 11 is 0. The first-order valence-corrected chi connectivity index (χ1v) is 6.60. The van der Waals surface area contributed by atoms with Crippen LogP contribution in [-0.2, 0) is 9.84 Å². The van der Waals surface area contributed by atoms with Crippen molar-refractivity contribution in [2.24, 2.45) is 0 Å². The van der Waals surface area contributed by atoms with Gasteiger partial charge in [0.25, 0.3) is 0 Å². The van der Waals surface area contributed by atoms with E-state index in [0.717, 1.165) is 0 Å². The van der Waals surface area contributed by atoms with Crippen LogP contribution in [0, 0.1) is 0 Å². The quantitative estimate of drug-likeness (QED) is 0.531. The molecule has 0 rings (SSSR count). The second kappa shape index (κ2) is 6.39. The monoisotopic (exact) mass is 265 g/mol. The van der Waals surface area contributed by atoms with Gasteiger partial charge >= 0.3 is 12.3 Å². The summed E-state index contributed by atoms with van der Waals surface area (Å²) in [5, 5.41) is 2.11. The highest BCUT2D eigenvalue weighted by Gasteiger charge is 2.39. The maximum absolute atomic E-state index is 12.3. The van der Waals surface area contributed by atoms with Crippen molar-refractivity contribution in [3.05, 3.63) is 0 Å². The molecule has 0 heterocycles. The predicted octanol–water partition coefficient (Wildman–Crippen LogP) is 1.30. The average Bonchev–Trinajstić information content (AvgIpc) is 2.16. The van der Waals surface area contributed by atoms with Gasteiger partial charge < -0.3 is 5.32 Å². The molecule has 0 aliphatic rings. The lowest BCUT2D eigenvalue weighted by Crippen LogP contribution is -2.39. The van der Waals surface area contributed by atoms with Gasteiger partial charge in [-0.25, -0.2) is 17.2 Å². The van der Waals surface area contributed by atoms with Gasteiger partial charge in [-0.3, -0.25) is 0 Å². The maximum atomic E-state index is 12.3. The Labute approximate surface area is 92.1 Å². The van der Waals surface area contributed by atoms with Crippen molar-refractivity contribution in [3.8, 4) is 0 Å². The Morgan fingerprint density at radius 1 is 1.31 bits per heavy atom. The van der Waals surface area contributed by atoms with Gasteiger partial charge in [0.15, 0.2) is 0 Å². The fourth-order valence-electron chi connectivity index (χ4n) is 0.894. The standard InChI is InChI=1S/C8H15F4NO2S/c1-2-16(14,15)5-3-4-13-6-8(11,12)7(9)10/h7,13H,2-6H2,1H3. The van der Waals surface area contributed by atoms with Crippen molar-refractivity contribution in [2.45, 2.75) is 25.7 Å². The summed E-state index contributed by atoms with van der Waals surface area (Å²) in [4.78, 5) is 0. The van der Waals surface area contributed by atoms with Gasteiger partial charge in [-0.2, -0.15) is 8.78 Å². The number of hydrogen-bond acceptors (Lipinski definition) is 3. The second-order valence-electron chi connectivity index (χ2n) is 3.33.